The zero-order chi connectivity index (χ0) is 21.3. The number of carbonyl (C=O) groups excluding carboxylic acids is 1. The molecule has 1 amide bonds. The van der Waals surface area contributed by atoms with E-state index in [0.29, 0.717) is 0 Å². The van der Waals surface area contributed by atoms with Crippen LogP contribution in [0.1, 0.15) is 63.2 Å². The molecule has 4 heteroatoms. The molecule has 1 aliphatic rings. The molecular formula is C26H34N2O2. The highest BCUT2D eigenvalue weighted by atomic mass is 16.3. The number of aliphatic hydroxyl groups is 1. The molecule has 1 saturated heterocycles. The second-order valence-corrected chi connectivity index (χ2v) is 8.03. The van der Waals surface area contributed by atoms with E-state index in [1.165, 1.54) is 0 Å². The van der Waals surface area contributed by atoms with Gasteiger partial charge in [0, 0.05) is 13.1 Å². The molecule has 2 aromatic rings. The summed E-state index contributed by atoms with van der Waals surface area (Å²) in [5.41, 5.74) is 2.56. The van der Waals surface area contributed by atoms with Gasteiger partial charge in [-0.15, -0.1) is 0 Å². The largest absolute Gasteiger partial charge is 0.384 e. The number of carbonyl (C=O) groups is 1. The Morgan fingerprint density at radius 3 is 2.37 bits per heavy atom. The fourth-order valence-electron chi connectivity index (χ4n) is 3.94. The Hall–Kier alpha value is -2.43. The minimum Gasteiger partial charge on any atom is -0.384 e. The predicted octanol–water partition coefficient (Wildman–Crippen LogP) is 5.49. The van der Waals surface area contributed by atoms with Crippen molar-refractivity contribution in [1.29, 1.82) is 0 Å². The molecule has 2 unspecified atom stereocenters. The van der Waals surface area contributed by atoms with Crippen LogP contribution in [0.5, 0.6) is 0 Å². The molecule has 0 bridgehead atoms. The van der Waals surface area contributed by atoms with E-state index in [1.54, 1.807) is 0 Å². The molecule has 2 aromatic carbocycles. The van der Waals surface area contributed by atoms with E-state index >= 15 is 0 Å². The van der Waals surface area contributed by atoms with Crippen LogP contribution in [0.3, 0.4) is 0 Å². The van der Waals surface area contributed by atoms with Crippen molar-refractivity contribution in [2.45, 2.75) is 52.1 Å². The average molecular weight is 407 g/mol. The third-order valence-corrected chi connectivity index (χ3v) is 5.68. The van der Waals surface area contributed by atoms with E-state index in [2.05, 4.69) is 31.0 Å². The maximum Gasteiger partial charge on any atom is 0.246 e. The number of allylic oxidation sites excluding steroid dienone is 1. The number of hydrogen-bond donors (Lipinski definition) is 1. The normalized spacial score (nSPS) is 18.4. The summed E-state index contributed by atoms with van der Waals surface area (Å²) in [7, 11) is 0. The number of aliphatic hydroxyl groups excluding tert-OH is 1. The summed E-state index contributed by atoms with van der Waals surface area (Å²) in [6.07, 6.45) is 9.00. The highest BCUT2D eigenvalue weighted by molar-refractivity contribution is 5.96. The van der Waals surface area contributed by atoms with Gasteiger partial charge in [0.05, 0.1) is 11.6 Å². The van der Waals surface area contributed by atoms with Gasteiger partial charge < -0.3 is 5.11 Å². The Morgan fingerprint density at radius 1 is 1.00 bits per heavy atom. The summed E-state index contributed by atoms with van der Waals surface area (Å²) in [5.74, 6) is 0.239. The zero-order valence-corrected chi connectivity index (χ0v) is 18.2. The van der Waals surface area contributed by atoms with Gasteiger partial charge in [0.15, 0.2) is 0 Å². The third kappa shape index (κ3) is 5.38. The second kappa shape index (κ2) is 11.1. The van der Waals surface area contributed by atoms with Crippen LogP contribution < -0.4 is 5.01 Å². The van der Waals surface area contributed by atoms with Gasteiger partial charge >= 0.3 is 0 Å². The first-order valence-electron chi connectivity index (χ1n) is 11.2. The monoisotopic (exact) mass is 406 g/mol. The van der Waals surface area contributed by atoms with Gasteiger partial charge in [-0.2, -0.15) is 0 Å². The van der Waals surface area contributed by atoms with Crippen LogP contribution >= 0.6 is 0 Å². The highest BCUT2D eigenvalue weighted by Crippen LogP contribution is 2.30. The van der Waals surface area contributed by atoms with Gasteiger partial charge in [-0.3, -0.25) is 4.79 Å². The van der Waals surface area contributed by atoms with E-state index in [4.69, 9.17) is 0 Å². The summed E-state index contributed by atoms with van der Waals surface area (Å²) >= 11 is 0. The van der Waals surface area contributed by atoms with E-state index in [0.717, 1.165) is 62.0 Å². The molecule has 1 heterocycles. The number of rotatable bonds is 10. The average Bonchev–Trinajstić information content (AvgIpc) is 3.10. The second-order valence-electron chi connectivity index (χ2n) is 8.03. The van der Waals surface area contributed by atoms with E-state index in [9.17, 15) is 9.90 Å². The maximum atomic E-state index is 13.2. The van der Waals surface area contributed by atoms with Crippen molar-refractivity contribution in [3.63, 3.8) is 0 Å². The van der Waals surface area contributed by atoms with E-state index in [1.807, 2.05) is 59.6 Å². The summed E-state index contributed by atoms with van der Waals surface area (Å²) < 4.78 is 0. The van der Waals surface area contributed by atoms with Crippen LogP contribution in [0.2, 0.25) is 0 Å². The molecule has 1 N–H and O–H groups in total. The smallest absolute Gasteiger partial charge is 0.246 e. The fourth-order valence-corrected chi connectivity index (χ4v) is 3.94. The number of benzene rings is 2. The lowest BCUT2D eigenvalue weighted by atomic mass is 10.0. The van der Waals surface area contributed by atoms with Crippen molar-refractivity contribution in [3.8, 4) is 0 Å². The number of anilines is 1. The quantitative estimate of drug-likeness (QED) is 0.530. The van der Waals surface area contributed by atoms with Crippen LogP contribution in [0.15, 0.2) is 66.7 Å². The number of nitrogens with zero attached hydrogens (tertiary/aromatic N) is 2. The van der Waals surface area contributed by atoms with Crippen molar-refractivity contribution in [2.75, 3.05) is 18.1 Å². The molecule has 0 radical (unpaired) electrons. The third-order valence-electron chi connectivity index (χ3n) is 5.68. The first-order chi connectivity index (χ1) is 14.7. The lowest BCUT2D eigenvalue weighted by Gasteiger charge is -2.27. The summed E-state index contributed by atoms with van der Waals surface area (Å²) in [4.78, 5) is 13.2. The standard InChI is InChI=1S/C26H34N2O2/c1-3-5-7-11-19-27-20-23(12-6-4-2)26(30)28(27)24-17-15-22(16-18-24)25(29)21-13-9-8-10-14-21/h7-11,13-18,23,25,29H,3-6,12,19-20H2,1-2H3/b11-7-. The molecule has 0 saturated carbocycles. The first kappa shape index (κ1) is 22.3. The van der Waals surface area contributed by atoms with Crippen molar-refractivity contribution >= 4 is 11.6 Å². The van der Waals surface area contributed by atoms with Crippen LogP contribution in [-0.2, 0) is 4.79 Å². The van der Waals surface area contributed by atoms with E-state index < -0.39 is 6.10 Å². The lowest BCUT2D eigenvalue weighted by Crippen LogP contribution is -2.39. The molecule has 0 aromatic heterocycles. The molecule has 4 nitrogen and oxygen atoms in total. The highest BCUT2D eigenvalue weighted by Gasteiger charge is 2.37. The summed E-state index contributed by atoms with van der Waals surface area (Å²) in [5, 5.41) is 14.7. The minimum atomic E-state index is -0.667. The first-order valence-corrected chi connectivity index (χ1v) is 11.2. The van der Waals surface area contributed by atoms with Crippen LogP contribution in [0.25, 0.3) is 0 Å². The molecule has 3 rings (SSSR count). The Bertz CT molecular complexity index is 817. The number of hydrazine groups is 1. The SMILES string of the molecule is CCC/C=C\CN1CC(CCCC)C(=O)N1c1ccc(C(O)c2ccccc2)cc1. The molecule has 0 spiro atoms. The van der Waals surface area contributed by atoms with Gasteiger partial charge in [-0.05, 0) is 36.1 Å². The van der Waals surface area contributed by atoms with Crippen molar-refractivity contribution in [1.82, 2.24) is 5.01 Å². The predicted molar refractivity (Wildman–Crippen MR) is 123 cm³/mol. The summed E-state index contributed by atoms with van der Waals surface area (Å²) in [6.45, 7) is 5.84. The van der Waals surface area contributed by atoms with E-state index in [-0.39, 0.29) is 11.8 Å². The van der Waals surface area contributed by atoms with Gasteiger partial charge in [0.25, 0.3) is 0 Å². The minimum absolute atomic E-state index is 0.0547. The number of unbranched alkanes of at least 4 members (excludes halogenated alkanes) is 2. The fraction of sp³-hybridized carbons (Fsp3) is 0.423. The molecule has 0 aliphatic carbocycles. The van der Waals surface area contributed by atoms with Crippen molar-refractivity contribution in [3.05, 3.63) is 77.9 Å². The zero-order valence-electron chi connectivity index (χ0n) is 18.2. The molecule has 30 heavy (non-hydrogen) atoms. The van der Waals surface area contributed by atoms with Gasteiger partial charge in [0.1, 0.15) is 6.10 Å². The number of hydrogen-bond acceptors (Lipinski definition) is 3. The molecule has 2 atom stereocenters. The van der Waals surface area contributed by atoms with Gasteiger partial charge in [-0.1, -0.05) is 87.7 Å². The van der Waals surface area contributed by atoms with Crippen molar-refractivity contribution in [2.24, 2.45) is 5.92 Å². The molecule has 1 fully saturated rings. The van der Waals surface area contributed by atoms with Crippen LogP contribution in [0.4, 0.5) is 5.69 Å². The van der Waals surface area contributed by atoms with Crippen molar-refractivity contribution < 1.29 is 9.90 Å². The molecule has 1 aliphatic heterocycles. The Morgan fingerprint density at radius 2 is 1.70 bits per heavy atom. The Labute approximate surface area is 180 Å². The molecular weight excluding hydrogens is 372 g/mol. The lowest BCUT2D eigenvalue weighted by molar-refractivity contribution is -0.121. The Balaban J connectivity index is 1.78. The van der Waals surface area contributed by atoms with Crippen LogP contribution in [-0.4, -0.2) is 29.1 Å². The topological polar surface area (TPSA) is 43.8 Å². The number of amides is 1. The Kier molecular flexibility index (Phi) is 8.23. The van der Waals surface area contributed by atoms with Crippen LogP contribution in [0, 0.1) is 5.92 Å². The maximum absolute atomic E-state index is 13.2. The molecule has 160 valence electrons. The summed E-state index contributed by atoms with van der Waals surface area (Å²) in [6, 6.07) is 17.4. The van der Waals surface area contributed by atoms with Gasteiger partial charge in [0.2, 0.25) is 5.91 Å². The van der Waals surface area contributed by atoms with Gasteiger partial charge in [-0.25, -0.2) is 10.0 Å².